The van der Waals surface area contributed by atoms with Gasteiger partial charge in [-0.15, -0.1) is 0 Å². The smallest absolute Gasteiger partial charge is 0.354 e. The molecule has 2 rings (SSSR count). The summed E-state index contributed by atoms with van der Waals surface area (Å²) >= 11 is 0. The first-order valence-electron chi connectivity index (χ1n) is 6.79. The maximum Gasteiger partial charge on any atom is 0.354 e. The Labute approximate surface area is 123 Å². The van der Waals surface area contributed by atoms with Gasteiger partial charge in [0.2, 0.25) is 5.91 Å². The van der Waals surface area contributed by atoms with E-state index in [1.165, 1.54) is 0 Å². The molecule has 0 aliphatic carbocycles. The number of amides is 1. The molecule has 0 saturated carbocycles. The van der Waals surface area contributed by atoms with Crippen molar-refractivity contribution in [3.8, 4) is 0 Å². The van der Waals surface area contributed by atoms with Crippen LogP contribution in [0.15, 0.2) is 42.6 Å². The standard InChI is InChI=1S/C16H18N2O3/c1-3-21-16(20)14-8-5-9-18(14)11-15(19)17-13-7-4-6-12(2)10-13/h4-10H,3,11H2,1-2H3,(H,17,19). The van der Waals surface area contributed by atoms with Crippen LogP contribution in [0, 0.1) is 6.92 Å². The molecule has 1 N–H and O–H groups in total. The van der Waals surface area contributed by atoms with Crippen molar-refractivity contribution in [3.05, 3.63) is 53.9 Å². The highest BCUT2D eigenvalue weighted by molar-refractivity contribution is 5.92. The molecule has 0 bridgehead atoms. The number of benzene rings is 1. The van der Waals surface area contributed by atoms with Crippen molar-refractivity contribution in [2.24, 2.45) is 0 Å². The Kier molecular flexibility index (Phi) is 4.77. The molecule has 0 spiro atoms. The Morgan fingerprint density at radius 2 is 2.05 bits per heavy atom. The number of aryl methyl sites for hydroxylation is 1. The molecule has 0 unspecified atom stereocenters. The maximum atomic E-state index is 12.0. The molecular weight excluding hydrogens is 268 g/mol. The van der Waals surface area contributed by atoms with E-state index in [0.717, 1.165) is 11.3 Å². The molecule has 1 heterocycles. The maximum absolute atomic E-state index is 12.0. The monoisotopic (exact) mass is 286 g/mol. The third-order valence-corrected chi connectivity index (χ3v) is 2.93. The fourth-order valence-electron chi connectivity index (χ4n) is 2.02. The lowest BCUT2D eigenvalue weighted by Gasteiger charge is -2.09. The lowest BCUT2D eigenvalue weighted by Crippen LogP contribution is -2.21. The van der Waals surface area contributed by atoms with E-state index in [-0.39, 0.29) is 12.5 Å². The van der Waals surface area contributed by atoms with Gasteiger partial charge in [0.25, 0.3) is 0 Å². The summed E-state index contributed by atoms with van der Waals surface area (Å²) in [6.07, 6.45) is 1.68. The average Bonchev–Trinajstić information content (AvgIpc) is 2.87. The van der Waals surface area contributed by atoms with Crippen molar-refractivity contribution < 1.29 is 14.3 Å². The Balaban J connectivity index is 2.03. The van der Waals surface area contributed by atoms with Gasteiger partial charge < -0.3 is 14.6 Å². The normalized spacial score (nSPS) is 10.2. The number of nitrogens with zero attached hydrogens (tertiary/aromatic N) is 1. The third-order valence-electron chi connectivity index (χ3n) is 2.93. The number of aromatic nitrogens is 1. The number of rotatable bonds is 5. The van der Waals surface area contributed by atoms with E-state index in [4.69, 9.17) is 4.74 Å². The summed E-state index contributed by atoms with van der Waals surface area (Å²) in [5.74, 6) is -0.617. The second-order valence-corrected chi connectivity index (χ2v) is 4.66. The van der Waals surface area contributed by atoms with E-state index in [9.17, 15) is 9.59 Å². The summed E-state index contributed by atoms with van der Waals surface area (Å²) < 4.78 is 6.52. The van der Waals surface area contributed by atoms with Crippen molar-refractivity contribution >= 4 is 17.6 Å². The van der Waals surface area contributed by atoms with Crippen molar-refractivity contribution in [2.75, 3.05) is 11.9 Å². The fourth-order valence-corrected chi connectivity index (χ4v) is 2.02. The minimum atomic E-state index is -0.425. The molecule has 0 aliphatic rings. The molecule has 0 aliphatic heterocycles. The molecule has 110 valence electrons. The Bertz CT molecular complexity index is 646. The molecule has 0 saturated heterocycles. The first-order valence-corrected chi connectivity index (χ1v) is 6.79. The summed E-state index contributed by atoms with van der Waals surface area (Å²) in [6, 6.07) is 10.9. The van der Waals surface area contributed by atoms with Gasteiger partial charge in [0.15, 0.2) is 0 Å². The molecule has 5 heteroatoms. The van der Waals surface area contributed by atoms with E-state index in [2.05, 4.69) is 5.32 Å². The Hall–Kier alpha value is -2.56. The number of ether oxygens (including phenoxy) is 1. The first kappa shape index (κ1) is 14.8. The van der Waals surface area contributed by atoms with Crippen LogP contribution in [0.5, 0.6) is 0 Å². The first-order chi connectivity index (χ1) is 10.1. The zero-order valence-electron chi connectivity index (χ0n) is 12.1. The quantitative estimate of drug-likeness (QED) is 0.859. The number of hydrogen-bond donors (Lipinski definition) is 1. The van der Waals surface area contributed by atoms with Gasteiger partial charge in [-0.1, -0.05) is 12.1 Å². The summed E-state index contributed by atoms with van der Waals surface area (Å²) in [7, 11) is 0. The minimum Gasteiger partial charge on any atom is -0.461 e. The zero-order valence-corrected chi connectivity index (χ0v) is 12.1. The van der Waals surface area contributed by atoms with Crippen LogP contribution in [-0.2, 0) is 16.1 Å². The molecule has 0 atom stereocenters. The Morgan fingerprint density at radius 3 is 2.76 bits per heavy atom. The summed E-state index contributed by atoms with van der Waals surface area (Å²) in [4.78, 5) is 23.8. The van der Waals surface area contributed by atoms with Crippen LogP contribution >= 0.6 is 0 Å². The van der Waals surface area contributed by atoms with Gasteiger partial charge in [0.05, 0.1) is 6.61 Å². The lowest BCUT2D eigenvalue weighted by molar-refractivity contribution is -0.116. The van der Waals surface area contributed by atoms with E-state index in [0.29, 0.717) is 12.3 Å². The van der Waals surface area contributed by atoms with Crippen LogP contribution in [0.1, 0.15) is 23.0 Å². The highest BCUT2D eigenvalue weighted by Gasteiger charge is 2.13. The van der Waals surface area contributed by atoms with Gasteiger partial charge in [0.1, 0.15) is 12.2 Å². The van der Waals surface area contributed by atoms with Crippen molar-refractivity contribution in [3.63, 3.8) is 0 Å². The number of anilines is 1. The zero-order chi connectivity index (χ0) is 15.2. The van der Waals surface area contributed by atoms with E-state index >= 15 is 0 Å². The van der Waals surface area contributed by atoms with Crippen LogP contribution < -0.4 is 5.32 Å². The van der Waals surface area contributed by atoms with Crippen molar-refractivity contribution in [2.45, 2.75) is 20.4 Å². The van der Waals surface area contributed by atoms with Crippen LogP contribution in [-0.4, -0.2) is 23.1 Å². The lowest BCUT2D eigenvalue weighted by atomic mass is 10.2. The van der Waals surface area contributed by atoms with Gasteiger partial charge >= 0.3 is 5.97 Å². The van der Waals surface area contributed by atoms with Crippen LogP contribution in [0.3, 0.4) is 0 Å². The Morgan fingerprint density at radius 1 is 1.24 bits per heavy atom. The highest BCUT2D eigenvalue weighted by Crippen LogP contribution is 2.10. The molecule has 1 aromatic heterocycles. The van der Waals surface area contributed by atoms with Crippen LogP contribution in [0.2, 0.25) is 0 Å². The predicted octanol–water partition coefficient (Wildman–Crippen LogP) is 2.61. The van der Waals surface area contributed by atoms with Gasteiger partial charge in [-0.3, -0.25) is 4.79 Å². The number of carbonyl (C=O) groups is 2. The number of nitrogens with one attached hydrogen (secondary N) is 1. The summed E-state index contributed by atoms with van der Waals surface area (Å²) in [6.45, 7) is 4.07. The minimum absolute atomic E-state index is 0.0646. The molecule has 0 fully saturated rings. The predicted molar refractivity (Wildman–Crippen MR) is 80.2 cm³/mol. The summed E-state index contributed by atoms with van der Waals surface area (Å²) in [5.41, 5.74) is 2.18. The number of esters is 1. The molecule has 2 aromatic rings. The molecule has 21 heavy (non-hydrogen) atoms. The molecule has 1 amide bonds. The average molecular weight is 286 g/mol. The largest absolute Gasteiger partial charge is 0.461 e. The fraction of sp³-hybridized carbons (Fsp3) is 0.250. The van der Waals surface area contributed by atoms with Crippen molar-refractivity contribution in [1.29, 1.82) is 0 Å². The number of hydrogen-bond acceptors (Lipinski definition) is 3. The van der Waals surface area contributed by atoms with Gasteiger partial charge in [-0.05, 0) is 43.7 Å². The molecular formula is C16H18N2O3. The van der Waals surface area contributed by atoms with Crippen molar-refractivity contribution in [1.82, 2.24) is 4.57 Å². The third kappa shape index (κ3) is 3.95. The van der Waals surface area contributed by atoms with Crippen LogP contribution in [0.4, 0.5) is 5.69 Å². The van der Waals surface area contributed by atoms with Crippen LogP contribution in [0.25, 0.3) is 0 Å². The SMILES string of the molecule is CCOC(=O)c1cccn1CC(=O)Nc1cccc(C)c1. The molecule has 0 radical (unpaired) electrons. The molecule has 1 aromatic carbocycles. The highest BCUT2D eigenvalue weighted by atomic mass is 16.5. The second-order valence-electron chi connectivity index (χ2n) is 4.66. The van der Waals surface area contributed by atoms with Gasteiger partial charge in [0, 0.05) is 11.9 Å². The van der Waals surface area contributed by atoms with E-state index < -0.39 is 5.97 Å². The topological polar surface area (TPSA) is 60.3 Å². The van der Waals surface area contributed by atoms with Gasteiger partial charge in [-0.2, -0.15) is 0 Å². The summed E-state index contributed by atoms with van der Waals surface area (Å²) in [5, 5.41) is 2.81. The van der Waals surface area contributed by atoms with E-state index in [1.54, 1.807) is 29.8 Å². The van der Waals surface area contributed by atoms with E-state index in [1.807, 2.05) is 31.2 Å². The van der Waals surface area contributed by atoms with Gasteiger partial charge in [-0.25, -0.2) is 4.79 Å². The second kappa shape index (κ2) is 6.74. The molecule has 5 nitrogen and oxygen atoms in total. The number of carbonyl (C=O) groups excluding carboxylic acids is 2.